The maximum atomic E-state index is 11.1. The monoisotopic (exact) mass is 369 g/mol. The number of nitrogen functional groups attached to an aromatic ring is 1. The number of carbonyl (C=O) groups is 1. The van der Waals surface area contributed by atoms with Crippen LogP contribution in [0.4, 0.5) is 11.5 Å². The highest BCUT2D eigenvalue weighted by molar-refractivity contribution is 9.10. The van der Waals surface area contributed by atoms with E-state index in [9.17, 15) is 14.9 Å². The summed E-state index contributed by atoms with van der Waals surface area (Å²) in [4.78, 5) is 25.7. The molecule has 1 aromatic carbocycles. The lowest BCUT2D eigenvalue weighted by molar-refractivity contribution is -0.384. The Morgan fingerprint density at radius 1 is 1.38 bits per heavy atom. The number of aromatic nitrogens is 1. The van der Waals surface area contributed by atoms with Gasteiger partial charge < -0.3 is 10.8 Å². The maximum Gasteiger partial charge on any atom is 0.336 e. The third kappa shape index (κ3) is 3.50. The first kappa shape index (κ1) is 15.3. The Kier molecular flexibility index (Phi) is 4.43. The summed E-state index contributed by atoms with van der Waals surface area (Å²) in [5, 5.41) is 20.1. The number of hydrogen-bond acceptors (Lipinski definition) is 6. The van der Waals surface area contributed by atoms with Crippen LogP contribution in [-0.4, -0.2) is 21.0 Å². The van der Waals surface area contributed by atoms with E-state index in [4.69, 9.17) is 10.8 Å². The number of carboxylic acid groups (broad SMARTS) is 1. The summed E-state index contributed by atoms with van der Waals surface area (Å²) >= 11 is 4.32. The van der Waals surface area contributed by atoms with Crippen LogP contribution in [-0.2, 0) is 0 Å². The second-order valence-electron chi connectivity index (χ2n) is 3.86. The van der Waals surface area contributed by atoms with Crippen molar-refractivity contribution < 1.29 is 14.8 Å². The molecule has 0 saturated carbocycles. The summed E-state index contributed by atoms with van der Waals surface area (Å²) in [6.45, 7) is 0. The Morgan fingerprint density at radius 2 is 2.10 bits per heavy atom. The number of hydrogen-bond donors (Lipinski definition) is 2. The van der Waals surface area contributed by atoms with Crippen molar-refractivity contribution >= 4 is 45.2 Å². The Labute approximate surface area is 131 Å². The zero-order chi connectivity index (χ0) is 15.6. The molecule has 0 aliphatic rings. The topological polar surface area (TPSA) is 119 Å². The molecule has 0 saturated heterocycles. The molecule has 0 aliphatic carbocycles. The Balaban J connectivity index is 2.30. The normalized spacial score (nSPS) is 10.3. The minimum atomic E-state index is -1.06. The summed E-state index contributed by atoms with van der Waals surface area (Å²) in [5.41, 5.74) is 5.37. The van der Waals surface area contributed by atoms with Crippen molar-refractivity contribution in [1.29, 1.82) is 0 Å². The third-order valence-electron chi connectivity index (χ3n) is 2.46. The maximum absolute atomic E-state index is 11.1. The van der Waals surface area contributed by atoms with Crippen LogP contribution in [0.3, 0.4) is 0 Å². The molecule has 1 heterocycles. The molecule has 21 heavy (non-hydrogen) atoms. The van der Waals surface area contributed by atoms with Gasteiger partial charge in [0, 0.05) is 15.4 Å². The zero-order valence-electron chi connectivity index (χ0n) is 10.3. The van der Waals surface area contributed by atoms with E-state index in [1.807, 2.05) is 0 Å². The summed E-state index contributed by atoms with van der Waals surface area (Å²) < 4.78 is 0.468. The fourth-order valence-corrected chi connectivity index (χ4v) is 2.76. The molecule has 0 amide bonds. The molecule has 0 unspecified atom stereocenters. The number of anilines is 1. The van der Waals surface area contributed by atoms with E-state index in [0.717, 1.165) is 11.8 Å². The number of rotatable bonds is 4. The van der Waals surface area contributed by atoms with Gasteiger partial charge in [-0.15, -0.1) is 0 Å². The number of benzene rings is 1. The second-order valence-corrected chi connectivity index (χ2v) is 5.81. The first-order chi connectivity index (χ1) is 9.88. The molecule has 0 aliphatic heterocycles. The van der Waals surface area contributed by atoms with Gasteiger partial charge in [0.2, 0.25) is 5.82 Å². The molecule has 3 N–H and O–H groups in total. The lowest BCUT2D eigenvalue weighted by Crippen LogP contribution is -1.99. The van der Waals surface area contributed by atoms with Gasteiger partial charge in [0.25, 0.3) is 0 Å². The van der Waals surface area contributed by atoms with E-state index in [1.54, 1.807) is 12.1 Å². The average Bonchev–Trinajstić information content (AvgIpc) is 2.40. The Bertz CT molecular complexity index is 738. The fourth-order valence-electron chi connectivity index (χ4n) is 1.51. The highest BCUT2D eigenvalue weighted by Crippen LogP contribution is 2.31. The molecule has 9 heteroatoms. The standard InChI is InChI=1S/C12H8BrN3O4S/c13-8-2-1-6(5-7(8)12(17)18)21-10-4-3-9(16(19)20)11(14)15-10/h1-5H,(H2,14,15)(H,17,18). The molecule has 0 bridgehead atoms. The quantitative estimate of drug-likeness (QED) is 0.626. The largest absolute Gasteiger partial charge is 0.478 e. The van der Waals surface area contributed by atoms with Crippen molar-refractivity contribution in [2.24, 2.45) is 0 Å². The van der Waals surface area contributed by atoms with Crippen molar-refractivity contribution in [2.45, 2.75) is 9.92 Å². The predicted molar refractivity (Wildman–Crippen MR) is 80.5 cm³/mol. The SMILES string of the molecule is Nc1nc(Sc2ccc(Br)c(C(=O)O)c2)ccc1[N+](=O)[O-]. The fraction of sp³-hybridized carbons (Fsp3) is 0. The molecule has 2 rings (SSSR count). The molecule has 0 spiro atoms. The summed E-state index contributed by atoms with van der Waals surface area (Å²) in [6.07, 6.45) is 0. The van der Waals surface area contributed by atoms with Crippen LogP contribution < -0.4 is 5.73 Å². The van der Waals surface area contributed by atoms with Crippen LogP contribution in [0.1, 0.15) is 10.4 Å². The molecule has 0 radical (unpaired) electrons. The number of carboxylic acids is 1. The molecule has 1 aromatic heterocycles. The smallest absolute Gasteiger partial charge is 0.336 e. The van der Waals surface area contributed by atoms with E-state index in [0.29, 0.717) is 14.4 Å². The molecule has 2 aromatic rings. The number of nitrogens with zero attached hydrogens (tertiary/aromatic N) is 2. The molecule has 0 atom stereocenters. The van der Waals surface area contributed by atoms with Crippen molar-refractivity contribution in [3.05, 3.63) is 50.5 Å². The number of pyridine rings is 1. The molecular weight excluding hydrogens is 362 g/mol. The van der Waals surface area contributed by atoms with E-state index in [2.05, 4.69) is 20.9 Å². The van der Waals surface area contributed by atoms with Crippen molar-refractivity contribution in [1.82, 2.24) is 4.98 Å². The number of aromatic carboxylic acids is 1. The summed E-state index contributed by atoms with van der Waals surface area (Å²) in [6, 6.07) is 7.53. The lowest BCUT2D eigenvalue weighted by Gasteiger charge is -2.05. The average molecular weight is 370 g/mol. The summed E-state index contributed by atoms with van der Waals surface area (Å²) in [7, 11) is 0. The van der Waals surface area contributed by atoms with Gasteiger partial charge in [-0.3, -0.25) is 10.1 Å². The Morgan fingerprint density at radius 3 is 2.67 bits per heavy atom. The third-order valence-corrected chi connectivity index (χ3v) is 4.08. The van der Waals surface area contributed by atoms with Crippen LogP contribution in [0.25, 0.3) is 0 Å². The van der Waals surface area contributed by atoms with E-state index < -0.39 is 10.9 Å². The Hall–Kier alpha value is -2.13. The molecule has 0 fully saturated rings. The number of nitro groups is 1. The van der Waals surface area contributed by atoms with Crippen LogP contribution in [0.2, 0.25) is 0 Å². The van der Waals surface area contributed by atoms with Gasteiger partial charge >= 0.3 is 11.7 Å². The van der Waals surface area contributed by atoms with Crippen molar-refractivity contribution in [3.63, 3.8) is 0 Å². The van der Waals surface area contributed by atoms with Gasteiger partial charge in [0.1, 0.15) is 5.03 Å². The van der Waals surface area contributed by atoms with E-state index in [1.165, 1.54) is 18.2 Å². The first-order valence-corrected chi connectivity index (χ1v) is 7.11. The van der Waals surface area contributed by atoms with E-state index >= 15 is 0 Å². The summed E-state index contributed by atoms with van der Waals surface area (Å²) in [5.74, 6) is -1.24. The number of halogens is 1. The molecule has 108 valence electrons. The van der Waals surface area contributed by atoms with Crippen molar-refractivity contribution in [2.75, 3.05) is 5.73 Å². The van der Waals surface area contributed by atoms with Crippen LogP contribution in [0.15, 0.2) is 44.7 Å². The van der Waals surface area contributed by atoms with Gasteiger partial charge in [-0.2, -0.15) is 0 Å². The predicted octanol–water partition coefficient (Wildman–Crippen LogP) is 3.18. The van der Waals surface area contributed by atoms with Crippen LogP contribution in [0, 0.1) is 10.1 Å². The van der Waals surface area contributed by atoms with Crippen LogP contribution >= 0.6 is 27.7 Å². The second kappa shape index (κ2) is 6.10. The van der Waals surface area contributed by atoms with E-state index in [-0.39, 0.29) is 17.1 Å². The molecular formula is C12H8BrN3O4S. The molecule has 7 nitrogen and oxygen atoms in total. The van der Waals surface area contributed by atoms with Gasteiger partial charge in [-0.05, 0) is 40.2 Å². The highest BCUT2D eigenvalue weighted by Gasteiger charge is 2.14. The number of nitrogens with two attached hydrogens (primary N) is 1. The van der Waals surface area contributed by atoms with Crippen molar-refractivity contribution in [3.8, 4) is 0 Å². The van der Waals surface area contributed by atoms with Crippen LogP contribution in [0.5, 0.6) is 0 Å². The zero-order valence-corrected chi connectivity index (χ0v) is 12.7. The van der Waals surface area contributed by atoms with Gasteiger partial charge in [-0.1, -0.05) is 11.8 Å². The van der Waals surface area contributed by atoms with Gasteiger partial charge in [0.05, 0.1) is 10.5 Å². The van der Waals surface area contributed by atoms with Gasteiger partial charge in [0.15, 0.2) is 0 Å². The first-order valence-electron chi connectivity index (χ1n) is 5.50. The minimum Gasteiger partial charge on any atom is -0.478 e. The highest BCUT2D eigenvalue weighted by atomic mass is 79.9. The van der Waals surface area contributed by atoms with Gasteiger partial charge in [-0.25, -0.2) is 9.78 Å². The lowest BCUT2D eigenvalue weighted by atomic mass is 10.2. The minimum absolute atomic E-state index is 0.120.